The van der Waals surface area contributed by atoms with E-state index in [1.54, 1.807) is 12.1 Å². The highest BCUT2D eigenvalue weighted by molar-refractivity contribution is 5.25. The molecule has 58 valence electrons. The van der Waals surface area contributed by atoms with Gasteiger partial charge in [-0.25, -0.2) is 0 Å². The Morgan fingerprint density at radius 3 is 2.91 bits per heavy atom. The quantitative estimate of drug-likeness (QED) is 0.614. The molecule has 0 saturated carbocycles. The van der Waals surface area contributed by atoms with Crippen molar-refractivity contribution >= 4 is 0 Å². The van der Waals surface area contributed by atoms with Gasteiger partial charge in [-0.3, -0.25) is 9.78 Å². The number of aromatic hydroxyl groups is 1. The molecule has 0 aliphatic heterocycles. The molecule has 1 heterocycles. The van der Waals surface area contributed by atoms with Gasteiger partial charge in [0.05, 0.1) is 0 Å². The molecule has 0 aliphatic rings. The summed E-state index contributed by atoms with van der Waals surface area (Å²) in [4.78, 5) is 12.9. The van der Waals surface area contributed by atoms with Gasteiger partial charge >= 0.3 is 0 Å². The lowest BCUT2D eigenvalue weighted by Crippen LogP contribution is -2.03. The lowest BCUT2D eigenvalue weighted by atomic mass is 10.2. The molecular weight excluding hydrogens is 142 g/mol. The summed E-state index contributed by atoms with van der Waals surface area (Å²) in [6.07, 6.45) is 2.22. The first-order valence-electron chi connectivity index (χ1n) is 3.26. The zero-order valence-electron chi connectivity index (χ0n) is 6.00. The summed E-state index contributed by atoms with van der Waals surface area (Å²) in [7, 11) is 0. The summed E-state index contributed by atoms with van der Waals surface area (Å²) in [6.45, 7) is 3.52. The van der Waals surface area contributed by atoms with Crippen LogP contribution in [0.25, 0.3) is 0 Å². The van der Waals surface area contributed by atoms with Crippen molar-refractivity contribution < 1.29 is 5.11 Å². The molecular formula is C8H9NO2. The Bertz CT molecular complexity index is 314. The highest BCUT2D eigenvalue weighted by atomic mass is 16.3. The number of rotatable bonds is 2. The molecule has 3 nitrogen and oxygen atoms in total. The van der Waals surface area contributed by atoms with E-state index in [0.29, 0.717) is 12.0 Å². The third-order valence-corrected chi connectivity index (χ3v) is 1.35. The second-order valence-electron chi connectivity index (χ2n) is 2.19. The molecule has 11 heavy (non-hydrogen) atoms. The molecule has 0 amide bonds. The lowest BCUT2D eigenvalue weighted by Gasteiger charge is -1.97. The fourth-order valence-electron chi connectivity index (χ4n) is 0.814. The van der Waals surface area contributed by atoms with Gasteiger partial charge in [-0.1, -0.05) is 6.08 Å². The zero-order valence-corrected chi connectivity index (χ0v) is 6.00. The second kappa shape index (κ2) is 3.05. The Balaban J connectivity index is 3.08. The molecule has 1 aromatic rings. The van der Waals surface area contributed by atoms with Crippen molar-refractivity contribution in [1.29, 1.82) is 0 Å². The average Bonchev–Trinajstić information content (AvgIpc) is 1.95. The molecule has 3 heteroatoms. The number of aromatic nitrogens is 1. The molecule has 2 N–H and O–H groups in total. The van der Waals surface area contributed by atoms with Crippen molar-refractivity contribution in [3.63, 3.8) is 0 Å². The minimum Gasteiger partial charge on any atom is -0.494 e. The monoisotopic (exact) mass is 151 g/mol. The van der Waals surface area contributed by atoms with E-state index < -0.39 is 0 Å². The molecule has 0 radical (unpaired) electrons. The maximum atomic E-state index is 10.6. The van der Waals surface area contributed by atoms with Crippen LogP contribution in [0.5, 0.6) is 5.88 Å². The molecule has 0 bridgehead atoms. The molecule has 1 rings (SSSR count). The van der Waals surface area contributed by atoms with Crippen molar-refractivity contribution in [2.75, 3.05) is 0 Å². The zero-order chi connectivity index (χ0) is 8.27. The van der Waals surface area contributed by atoms with Gasteiger partial charge in [0.1, 0.15) is 0 Å². The number of H-pyrrole nitrogens is 1. The van der Waals surface area contributed by atoms with Crippen molar-refractivity contribution in [3.05, 3.63) is 40.7 Å². The number of allylic oxidation sites excluding steroid dienone is 1. The fourth-order valence-corrected chi connectivity index (χ4v) is 0.814. The van der Waals surface area contributed by atoms with Gasteiger partial charge in [0.2, 0.25) is 0 Å². The van der Waals surface area contributed by atoms with E-state index in [4.69, 9.17) is 5.11 Å². The van der Waals surface area contributed by atoms with Crippen LogP contribution in [0, 0.1) is 0 Å². The third kappa shape index (κ3) is 1.70. The SMILES string of the molecule is C=CCc1ccc(=O)[nH]c1O. The predicted molar refractivity (Wildman–Crippen MR) is 42.6 cm³/mol. The highest BCUT2D eigenvalue weighted by Gasteiger charge is 1.97. The molecule has 0 spiro atoms. The normalized spacial score (nSPS) is 9.45. The van der Waals surface area contributed by atoms with Crippen LogP contribution in [0.2, 0.25) is 0 Å². The van der Waals surface area contributed by atoms with Gasteiger partial charge in [-0.2, -0.15) is 0 Å². The molecule has 0 unspecified atom stereocenters. The van der Waals surface area contributed by atoms with Crippen LogP contribution in [0.1, 0.15) is 5.56 Å². The maximum Gasteiger partial charge on any atom is 0.250 e. The molecule has 0 fully saturated rings. The van der Waals surface area contributed by atoms with Gasteiger partial charge in [0, 0.05) is 11.6 Å². The van der Waals surface area contributed by atoms with Crippen LogP contribution in [0.3, 0.4) is 0 Å². The van der Waals surface area contributed by atoms with Crippen molar-refractivity contribution in [1.82, 2.24) is 4.98 Å². The lowest BCUT2D eigenvalue weighted by molar-refractivity contribution is 0.446. The van der Waals surface area contributed by atoms with E-state index in [2.05, 4.69) is 11.6 Å². The summed E-state index contributed by atoms with van der Waals surface area (Å²) in [6, 6.07) is 2.95. The minimum atomic E-state index is -0.296. The van der Waals surface area contributed by atoms with Gasteiger partial charge in [0.25, 0.3) is 5.56 Å². The van der Waals surface area contributed by atoms with Crippen molar-refractivity contribution in [2.24, 2.45) is 0 Å². The number of hydrogen-bond acceptors (Lipinski definition) is 2. The van der Waals surface area contributed by atoms with E-state index in [9.17, 15) is 4.79 Å². The topological polar surface area (TPSA) is 53.1 Å². The number of pyridine rings is 1. The van der Waals surface area contributed by atoms with Gasteiger partial charge in [-0.15, -0.1) is 6.58 Å². The summed E-state index contributed by atoms with van der Waals surface area (Å²) < 4.78 is 0. The molecule has 0 aliphatic carbocycles. The molecule has 0 aromatic carbocycles. The largest absolute Gasteiger partial charge is 0.494 e. The summed E-state index contributed by atoms with van der Waals surface area (Å²) >= 11 is 0. The standard InChI is InChI=1S/C8H9NO2/c1-2-3-6-4-5-7(10)9-8(6)11/h2,4-5H,1,3H2,(H2,9,10,11). The van der Waals surface area contributed by atoms with Crippen molar-refractivity contribution in [3.8, 4) is 5.88 Å². The Hall–Kier alpha value is -1.51. The van der Waals surface area contributed by atoms with Crippen LogP contribution in [0.15, 0.2) is 29.6 Å². The highest BCUT2D eigenvalue weighted by Crippen LogP contribution is 2.10. The van der Waals surface area contributed by atoms with E-state index in [0.717, 1.165) is 0 Å². The van der Waals surface area contributed by atoms with Gasteiger partial charge in [-0.05, 0) is 12.5 Å². The Morgan fingerprint density at radius 2 is 2.36 bits per heavy atom. The second-order valence-corrected chi connectivity index (χ2v) is 2.19. The Kier molecular flexibility index (Phi) is 2.11. The van der Waals surface area contributed by atoms with Crippen LogP contribution < -0.4 is 5.56 Å². The van der Waals surface area contributed by atoms with Crippen molar-refractivity contribution in [2.45, 2.75) is 6.42 Å². The molecule has 0 atom stereocenters. The van der Waals surface area contributed by atoms with E-state index >= 15 is 0 Å². The number of hydrogen-bond donors (Lipinski definition) is 2. The van der Waals surface area contributed by atoms with Gasteiger partial charge in [0.15, 0.2) is 5.88 Å². The van der Waals surface area contributed by atoms with Crippen LogP contribution in [-0.4, -0.2) is 10.1 Å². The smallest absolute Gasteiger partial charge is 0.250 e. The van der Waals surface area contributed by atoms with E-state index in [-0.39, 0.29) is 11.4 Å². The van der Waals surface area contributed by atoms with Gasteiger partial charge < -0.3 is 5.11 Å². The van der Waals surface area contributed by atoms with Crippen LogP contribution >= 0.6 is 0 Å². The predicted octanol–water partition coefficient (Wildman–Crippen LogP) is 0.809. The first-order chi connectivity index (χ1) is 5.24. The number of nitrogens with one attached hydrogen (secondary N) is 1. The summed E-state index contributed by atoms with van der Waals surface area (Å²) in [5, 5.41) is 9.12. The van der Waals surface area contributed by atoms with Crippen LogP contribution in [0.4, 0.5) is 0 Å². The van der Waals surface area contributed by atoms with Crippen LogP contribution in [-0.2, 0) is 6.42 Å². The Morgan fingerprint density at radius 1 is 1.64 bits per heavy atom. The first kappa shape index (κ1) is 7.60. The molecule has 1 aromatic heterocycles. The maximum absolute atomic E-state index is 10.6. The molecule has 0 saturated heterocycles. The van der Waals surface area contributed by atoms with E-state index in [1.807, 2.05) is 0 Å². The average molecular weight is 151 g/mol. The third-order valence-electron chi connectivity index (χ3n) is 1.35. The summed E-state index contributed by atoms with van der Waals surface area (Å²) in [5.41, 5.74) is 0.384. The first-order valence-corrected chi connectivity index (χ1v) is 3.26. The minimum absolute atomic E-state index is 0.0719. The Labute approximate surface area is 64.0 Å². The summed E-state index contributed by atoms with van der Waals surface area (Å²) in [5.74, 6) is -0.0719. The van der Waals surface area contributed by atoms with E-state index in [1.165, 1.54) is 6.07 Å². The fraction of sp³-hybridized carbons (Fsp3) is 0.125. The number of aromatic amines is 1.